The van der Waals surface area contributed by atoms with Crippen molar-refractivity contribution in [3.63, 3.8) is 0 Å². The van der Waals surface area contributed by atoms with E-state index >= 15 is 0 Å². The van der Waals surface area contributed by atoms with E-state index in [-0.39, 0.29) is 16.4 Å². The molecular weight excluding hydrogens is 570 g/mol. The van der Waals surface area contributed by atoms with Gasteiger partial charge in [-0.05, 0) is 55.8 Å². The number of anilines is 1. The zero-order valence-corrected chi connectivity index (χ0v) is 25.2. The van der Waals surface area contributed by atoms with Crippen LogP contribution in [0.25, 0.3) is 10.8 Å². The molecule has 11 nitrogen and oxygen atoms in total. The lowest BCUT2D eigenvalue weighted by atomic mass is 10.1. The van der Waals surface area contributed by atoms with Crippen LogP contribution in [0.15, 0.2) is 59.5 Å². The third-order valence-electron chi connectivity index (χ3n) is 8.08. The summed E-state index contributed by atoms with van der Waals surface area (Å²) in [7, 11) is -0.580. The smallest absolute Gasteiger partial charge is 0.323 e. The van der Waals surface area contributed by atoms with Crippen LogP contribution in [0.2, 0.25) is 0 Å². The van der Waals surface area contributed by atoms with E-state index in [0.29, 0.717) is 29.4 Å². The summed E-state index contributed by atoms with van der Waals surface area (Å²) in [5.41, 5.74) is 2.30. The molecule has 3 aromatic rings. The molecule has 0 spiro atoms. The Balaban J connectivity index is 1.25. The maximum absolute atomic E-state index is 13.4. The number of fused-ring (bicyclic) bond motifs is 2. The molecule has 0 radical (unpaired) electrons. The lowest BCUT2D eigenvalue weighted by Gasteiger charge is -2.28. The Bertz CT molecular complexity index is 1650. The molecule has 12 heteroatoms. The molecule has 3 aromatic carbocycles. The van der Waals surface area contributed by atoms with Gasteiger partial charge < -0.3 is 25.1 Å². The number of sulfonamides is 1. The van der Waals surface area contributed by atoms with E-state index in [4.69, 9.17) is 0 Å². The van der Waals surface area contributed by atoms with Gasteiger partial charge in [0, 0.05) is 67.9 Å². The van der Waals surface area contributed by atoms with E-state index in [2.05, 4.69) is 14.9 Å². The van der Waals surface area contributed by atoms with Crippen LogP contribution >= 0.6 is 0 Å². The van der Waals surface area contributed by atoms with Gasteiger partial charge in [0.05, 0.1) is 4.90 Å². The largest absolute Gasteiger partial charge is 0.480 e. The van der Waals surface area contributed by atoms with Gasteiger partial charge in [0.15, 0.2) is 0 Å². The van der Waals surface area contributed by atoms with Gasteiger partial charge in [-0.2, -0.15) is 4.72 Å². The van der Waals surface area contributed by atoms with Gasteiger partial charge in [-0.25, -0.2) is 8.42 Å². The molecule has 2 aliphatic heterocycles. The summed E-state index contributed by atoms with van der Waals surface area (Å²) >= 11 is 0. The van der Waals surface area contributed by atoms with Crippen LogP contribution in [0.3, 0.4) is 0 Å². The van der Waals surface area contributed by atoms with Crippen molar-refractivity contribution in [1.82, 2.24) is 19.8 Å². The average Bonchev–Trinajstić information content (AvgIpc) is 3.32. The van der Waals surface area contributed by atoms with Gasteiger partial charge >= 0.3 is 5.97 Å². The maximum atomic E-state index is 13.4. The number of benzene rings is 3. The SMILES string of the molecule is CN(C)c1cccc2c(S(=O)(=O)N[C@@H](CNC(=O)c3ccc4c(c3)C(=O)N(CCN3CCCCC3)C4)C(=O)O)cccc12. The topological polar surface area (TPSA) is 139 Å². The predicted octanol–water partition coefficient (Wildman–Crippen LogP) is 2.51. The van der Waals surface area contributed by atoms with E-state index in [9.17, 15) is 27.9 Å². The zero-order valence-electron chi connectivity index (χ0n) is 24.4. The van der Waals surface area contributed by atoms with Crippen molar-refractivity contribution in [2.24, 2.45) is 0 Å². The van der Waals surface area contributed by atoms with Crippen molar-refractivity contribution >= 4 is 44.3 Å². The van der Waals surface area contributed by atoms with Crippen molar-refractivity contribution in [3.8, 4) is 0 Å². The minimum absolute atomic E-state index is 0.0618. The van der Waals surface area contributed by atoms with Crippen LogP contribution in [0.4, 0.5) is 5.69 Å². The molecule has 0 aromatic heterocycles. The Labute approximate surface area is 251 Å². The van der Waals surface area contributed by atoms with Gasteiger partial charge in [-0.15, -0.1) is 0 Å². The molecule has 1 fully saturated rings. The summed E-state index contributed by atoms with van der Waals surface area (Å²) in [6.07, 6.45) is 3.60. The van der Waals surface area contributed by atoms with Crippen LogP contribution in [0.5, 0.6) is 0 Å². The zero-order chi connectivity index (χ0) is 30.7. The molecule has 43 heavy (non-hydrogen) atoms. The normalized spacial score (nSPS) is 16.2. The number of likely N-dealkylation sites (tertiary alicyclic amines) is 1. The fourth-order valence-electron chi connectivity index (χ4n) is 5.74. The highest BCUT2D eigenvalue weighted by molar-refractivity contribution is 7.89. The predicted molar refractivity (Wildman–Crippen MR) is 164 cm³/mol. The molecule has 2 aliphatic rings. The third kappa shape index (κ3) is 6.66. The Morgan fingerprint density at radius 2 is 1.70 bits per heavy atom. The fourth-order valence-corrected chi connectivity index (χ4v) is 7.15. The minimum Gasteiger partial charge on any atom is -0.480 e. The van der Waals surface area contributed by atoms with Gasteiger partial charge in [0.25, 0.3) is 11.8 Å². The number of carboxylic acid groups (broad SMARTS) is 1. The van der Waals surface area contributed by atoms with Crippen molar-refractivity contribution < 1.29 is 27.9 Å². The maximum Gasteiger partial charge on any atom is 0.323 e. The molecule has 0 saturated carbocycles. The molecule has 1 saturated heterocycles. The Morgan fingerprint density at radius 3 is 2.42 bits per heavy atom. The summed E-state index contributed by atoms with van der Waals surface area (Å²) in [6.45, 7) is 3.51. The molecule has 5 rings (SSSR count). The van der Waals surface area contributed by atoms with Crippen LogP contribution < -0.4 is 14.9 Å². The summed E-state index contributed by atoms with van der Waals surface area (Å²) < 4.78 is 29.0. The number of piperidine rings is 1. The van der Waals surface area contributed by atoms with E-state index < -0.39 is 34.5 Å². The summed E-state index contributed by atoms with van der Waals surface area (Å²) in [4.78, 5) is 44.0. The second-order valence-corrected chi connectivity index (χ2v) is 12.9. The number of carbonyl (C=O) groups is 3. The summed E-state index contributed by atoms with van der Waals surface area (Å²) in [5, 5.41) is 13.5. The average molecular weight is 608 g/mol. The number of aliphatic carboxylic acids is 1. The number of carbonyl (C=O) groups excluding carboxylic acids is 2. The minimum atomic E-state index is -4.28. The highest BCUT2D eigenvalue weighted by atomic mass is 32.2. The Kier molecular flexibility index (Phi) is 9.00. The van der Waals surface area contributed by atoms with Crippen LogP contribution in [0.1, 0.15) is 45.5 Å². The molecule has 0 bridgehead atoms. The number of rotatable bonds is 11. The van der Waals surface area contributed by atoms with E-state index in [1.165, 1.54) is 31.4 Å². The van der Waals surface area contributed by atoms with Gasteiger partial charge in [-0.3, -0.25) is 14.4 Å². The number of amides is 2. The first-order chi connectivity index (χ1) is 20.5. The van der Waals surface area contributed by atoms with E-state index in [1.807, 2.05) is 25.1 Å². The molecule has 3 N–H and O–H groups in total. The van der Waals surface area contributed by atoms with Gasteiger partial charge in [0.2, 0.25) is 10.0 Å². The number of hydrogen-bond donors (Lipinski definition) is 3. The summed E-state index contributed by atoms with van der Waals surface area (Å²) in [5.74, 6) is -2.18. The first kappa shape index (κ1) is 30.5. The molecule has 0 unspecified atom stereocenters. The van der Waals surface area contributed by atoms with Gasteiger partial charge in [0.1, 0.15) is 6.04 Å². The Morgan fingerprint density at radius 1 is 0.977 bits per heavy atom. The second kappa shape index (κ2) is 12.7. The number of nitrogens with one attached hydrogen (secondary N) is 2. The highest BCUT2D eigenvalue weighted by Gasteiger charge is 2.30. The van der Waals surface area contributed by atoms with E-state index in [1.54, 1.807) is 41.3 Å². The third-order valence-corrected chi connectivity index (χ3v) is 9.61. The van der Waals surface area contributed by atoms with Crippen LogP contribution in [0, 0.1) is 0 Å². The first-order valence-electron chi connectivity index (χ1n) is 14.4. The second-order valence-electron chi connectivity index (χ2n) is 11.2. The van der Waals surface area contributed by atoms with Crippen molar-refractivity contribution in [3.05, 3.63) is 71.3 Å². The quantitative estimate of drug-likeness (QED) is 0.302. The van der Waals surface area contributed by atoms with Crippen molar-refractivity contribution in [2.45, 2.75) is 36.7 Å². The van der Waals surface area contributed by atoms with Crippen LogP contribution in [-0.2, 0) is 21.4 Å². The molecule has 2 amide bonds. The highest BCUT2D eigenvalue weighted by Crippen LogP contribution is 2.30. The molecular formula is C31H37N5O6S. The lowest BCUT2D eigenvalue weighted by molar-refractivity contribution is -0.138. The lowest BCUT2D eigenvalue weighted by Crippen LogP contribution is -2.48. The first-order valence-corrected chi connectivity index (χ1v) is 15.9. The summed E-state index contributed by atoms with van der Waals surface area (Å²) in [6, 6.07) is 13.3. The Hall–Kier alpha value is -4.00. The van der Waals surface area contributed by atoms with Crippen molar-refractivity contribution in [2.75, 3.05) is 51.7 Å². The molecule has 1 atom stereocenters. The molecule has 0 aliphatic carbocycles. The standard InChI is InChI=1S/C31H37N5O6S/c1-34(2)27-10-6-9-24-23(27)8-7-11-28(24)43(41,42)33-26(31(39)40)19-32-29(37)21-12-13-22-20-36(30(38)25(22)18-21)17-16-35-14-4-3-5-15-35/h6-13,18,26,33H,3-5,14-17,19-20H2,1-2H3,(H,32,37)(H,39,40)/t26-/m0/s1. The van der Waals surface area contributed by atoms with E-state index in [0.717, 1.165) is 30.9 Å². The molecule has 228 valence electrons. The van der Waals surface area contributed by atoms with Crippen LogP contribution in [-0.4, -0.2) is 94.0 Å². The monoisotopic (exact) mass is 607 g/mol. The molecule has 2 heterocycles. The van der Waals surface area contributed by atoms with Crippen molar-refractivity contribution in [1.29, 1.82) is 0 Å². The number of hydrogen-bond acceptors (Lipinski definition) is 7. The van der Waals surface area contributed by atoms with Gasteiger partial charge in [-0.1, -0.05) is 36.8 Å². The fraction of sp³-hybridized carbons (Fsp3) is 0.387. The number of nitrogens with zero attached hydrogens (tertiary/aromatic N) is 3. The number of carboxylic acids is 1.